The van der Waals surface area contributed by atoms with E-state index in [9.17, 15) is 4.79 Å². The smallest absolute Gasteiger partial charge is 0.250 e. The fourth-order valence-corrected chi connectivity index (χ4v) is 4.88. The van der Waals surface area contributed by atoms with Gasteiger partial charge < -0.3 is 19.7 Å². The lowest BCUT2D eigenvalue weighted by Gasteiger charge is -2.36. The normalized spacial score (nSPS) is 15.9. The number of piperazine rings is 1. The molecule has 1 saturated heterocycles. The number of halogens is 3. The number of amides is 1. The predicted molar refractivity (Wildman–Crippen MR) is 139 cm³/mol. The molecule has 2 aliphatic heterocycles. The lowest BCUT2D eigenvalue weighted by atomic mass is 10.1. The van der Waals surface area contributed by atoms with E-state index in [0.29, 0.717) is 32.9 Å². The molecule has 1 fully saturated rings. The van der Waals surface area contributed by atoms with Crippen molar-refractivity contribution in [2.75, 3.05) is 57.9 Å². The van der Waals surface area contributed by atoms with Gasteiger partial charge in [0.05, 0.1) is 23.4 Å². The van der Waals surface area contributed by atoms with Crippen LogP contribution in [0.15, 0.2) is 35.9 Å². The zero-order valence-corrected chi connectivity index (χ0v) is 21.3. The van der Waals surface area contributed by atoms with Gasteiger partial charge >= 0.3 is 0 Å². The first-order valence-corrected chi connectivity index (χ1v) is 12.5. The van der Waals surface area contributed by atoms with Crippen molar-refractivity contribution < 1.29 is 14.3 Å². The van der Waals surface area contributed by atoms with Gasteiger partial charge in [0.25, 0.3) is 5.91 Å². The maximum atomic E-state index is 12.5. The van der Waals surface area contributed by atoms with Crippen LogP contribution in [0.3, 0.4) is 0 Å². The van der Waals surface area contributed by atoms with Crippen molar-refractivity contribution in [3.05, 3.63) is 56.5 Å². The molecular weight excluding hydrogens is 497 g/mol. The number of anilines is 1. The minimum Gasteiger partial charge on any atom is -0.495 e. The Morgan fingerprint density at radius 3 is 2.62 bits per heavy atom. The topological polar surface area (TPSA) is 54.0 Å². The maximum Gasteiger partial charge on any atom is 0.250 e. The van der Waals surface area contributed by atoms with Gasteiger partial charge in [-0.05, 0) is 55.8 Å². The SMILES string of the molecule is COc1ccc(N2CCN(CCCCNC(=O)C3=Cc4cc(Cl)ccc4OC3)CC2)c(Cl)c1Cl. The lowest BCUT2D eigenvalue weighted by molar-refractivity contribution is -0.117. The second kappa shape index (κ2) is 11.5. The summed E-state index contributed by atoms with van der Waals surface area (Å²) in [5.74, 6) is 1.25. The molecular formula is C25H28Cl3N3O3. The third kappa shape index (κ3) is 5.92. The van der Waals surface area contributed by atoms with E-state index in [-0.39, 0.29) is 12.5 Å². The van der Waals surface area contributed by atoms with Gasteiger partial charge in [0.15, 0.2) is 0 Å². The molecule has 0 bridgehead atoms. The minimum atomic E-state index is -0.0886. The molecule has 0 saturated carbocycles. The molecule has 2 heterocycles. The first-order valence-electron chi connectivity index (χ1n) is 11.4. The zero-order valence-electron chi connectivity index (χ0n) is 19.1. The van der Waals surface area contributed by atoms with Crippen molar-refractivity contribution in [3.8, 4) is 11.5 Å². The number of hydrogen-bond acceptors (Lipinski definition) is 5. The van der Waals surface area contributed by atoms with Crippen LogP contribution in [0.25, 0.3) is 6.08 Å². The zero-order chi connectivity index (χ0) is 24.1. The highest BCUT2D eigenvalue weighted by Crippen LogP contribution is 2.39. The average molecular weight is 525 g/mol. The number of nitrogens with zero attached hydrogens (tertiary/aromatic N) is 2. The summed E-state index contributed by atoms with van der Waals surface area (Å²) in [5, 5.41) is 4.61. The fraction of sp³-hybridized carbons (Fsp3) is 0.400. The Morgan fingerprint density at radius 2 is 1.85 bits per heavy atom. The highest BCUT2D eigenvalue weighted by Gasteiger charge is 2.21. The summed E-state index contributed by atoms with van der Waals surface area (Å²) in [6.45, 7) is 5.60. The third-order valence-corrected chi connectivity index (χ3v) is 7.21. The van der Waals surface area contributed by atoms with Gasteiger partial charge in [-0.1, -0.05) is 34.8 Å². The Balaban J connectivity index is 1.16. The van der Waals surface area contributed by atoms with Crippen LogP contribution in [-0.2, 0) is 4.79 Å². The second-order valence-electron chi connectivity index (χ2n) is 8.35. The van der Waals surface area contributed by atoms with E-state index in [1.165, 1.54) is 0 Å². The fourth-order valence-electron chi connectivity index (χ4n) is 4.19. The summed E-state index contributed by atoms with van der Waals surface area (Å²) >= 11 is 18.8. The number of hydrogen-bond donors (Lipinski definition) is 1. The number of carbonyl (C=O) groups excluding carboxylic acids is 1. The van der Waals surface area contributed by atoms with E-state index in [2.05, 4.69) is 15.1 Å². The van der Waals surface area contributed by atoms with Crippen LogP contribution in [0.2, 0.25) is 15.1 Å². The number of unbranched alkanes of at least 4 members (excludes halogenated alkanes) is 1. The highest BCUT2D eigenvalue weighted by molar-refractivity contribution is 6.44. The van der Waals surface area contributed by atoms with Crippen molar-refractivity contribution in [1.82, 2.24) is 10.2 Å². The lowest BCUT2D eigenvalue weighted by Crippen LogP contribution is -2.46. The van der Waals surface area contributed by atoms with Crippen molar-refractivity contribution in [2.24, 2.45) is 0 Å². The summed E-state index contributed by atoms with van der Waals surface area (Å²) in [4.78, 5) is 17.2. The molecule has 0 aliphatic carbocycles. The quantitative estimate of drug-likeness (QED) is 0.484. The van der Waals surface area contributed by atoms with Crippen LogP contribution in [-0.4, -0.2) is 63.8 Å². The van der Waals surface area contributed by atoms with E-state index < -0.39 is 0 Å². The average Bonchev–Trinajstić information content (AvgIpc) is 2.85. The first-order chi connectivity index (χ1) is 16.5. The molecule has 182 valence electrons. The number of ether oxygens (including phenoxy) is 2. The molecule has 9 heteroatoms. The molecule has 0 radical (unpaired) electrons. The molecule has 2 aromatic rings. The number of fused-ring (bicyclic) bond motifs is 1. The molecule has 2 aromatic carbocycles. The number of nitrogens with one attached hydrogen (secondary N) is 1. The molecule has 0 spiro atoms. The van der Waals surface area contributed by atoms with E-state index in [1.54, 1.807) is 19.2 Å². The molecule has 0 unspecified atom stereocenters. The van der Waals surface area contributed by atoms with Crippen LogP contribution in [0, 0.1) is 0 Å². The number of benzene rings is 2. The molecule has 1 amide bonds. The summed E-state index contributed by atoms with van der Waals surface area (Å²) in [7, 11) is 1.58. The summed E-state index contributed by atoms with van der Waals surface area (Å²) in [6, 6.07) is 9.23. The molecule has 4 rings (SSSR count). The molecule has 34 heavy (non-hydrogen) atoms. The molecule has 6 nitrogen and oxygen atoms in total. The Bertz CT molecular complexity index is 1070. The van der Waals surface area contributed by atoms with Crippen molar-refractivity contribution in [3.63, 3.8) is 0 Å². The van der Waals surface area contributed by atoms with Gasteiger partial charge in [0, 0.05) is 43.3 Å². The van der Waals surface area contributed by atoms with Crippen LogP contribution >= 0.6 is 34.8 Å². The maximum absolute atomic E-state index is 12.5. The van der Waals surface area contributed by atoms with Crippen LogP contribution < -0.4 is 19.7 Å². The Hall–Kier alpha value is -2.12. The standard InChI is InChI=1S/C25H28Cl3N3O3/c1-33-22-7-5-20(23(27)24(22)28)31-12-10-30(11-13-31)9-3-2-8-29-25(32)18-14-17-15-19(26)4-6-21(17)34-16-18/h4-7,14-15H,2-3,8-13,16H2,1H3,(H,29,32). The second-order valence-corrected chi connectivity index (χ2v) is 9.54. The molecule has 2 aliphatic rings. The van der Waals surface area contributed by atoms with Crippen molar-refractivity contribution in [1.29, 1.82) is 0 Å². The third-order valence-electron chi connectivity index (χ3n) is 6.12. The largest absolute Gasteiger partial charge is 0.495 e. The summed E-state index contributed by atoms with van der Waals surface area (Å²) in [6.07, 6.45) is 3.79. The van der Waals surface area contributed by atoms with Gasteiger partial charge in [0.1, 0.15) is 23.1 Å². The number of rotatable bonds is 8. The Kier molecular flexibility index (Phi) is 8.48. The van der Waals surface area contributed by atoms with E-state index in [0.717, 1.165) is 62.6 Å². The van der Waals surface area contributed by atoms with E-state index >= 15 is 0 Å². The Morgan fingerprint density at radius 1 is 1.06 bits per heavy atom. The first kappa shape index (κ1) is 25.0. The van der Waals surface area contributed by atoms with Gasteiger partial charge in [-0.25, -0.2) is 0 Å². The van der Waals surface area contributed by atoms with Gasteiger partial charge in [-0.2, -0.15) is 0 Å². The van der Waals surface area contributed by atoms with Gasteiger partial charge in [-0.3, -0.25) is 9.69 Å². The summed E-state index contributed by atoms with van der Waals surface area (Å²) < 4.78 is 10.9. The van der Waals surface area contributed by atoms with Crippen molar-refractivity contribution >= 4 is 52.5 Å². The monoisotopic (exact) mass is 523 g/mol. The number of methoxy groups -OCH3 is 1. The van der Waals surface area contributed by atoms with E-state index in [4.69, 9.17) is 44.3 Å². The Labute approximate surface area is 215 Å². The molecule has 0 aromatic heterocycles. The predicted octanol–water partition coefficient (Wildman–Crippen LogP) is 5.15. The van der Waals surface area contributed by atoms with Crippen molar-refractivity contribution in [2.45, 2.75) is 12.8 Å². The van der Waals surface area contributed by atoms with Crippen LogP contribution in [0.4, 0.5) is 5.69 Å². The molecule has 1 N–H and O–H groups in total. The van der Waals surface area contributed by atoms with Crippen LogP contribution in [0.1, 0.15) is 18.4 Å². The highest BCUT2D eigenvalue weighted by atomic mass is 35.5. The minimum absolute atomic E-state index is 0.0886. The van der Waals surface area contributed by atoms with Gasteiger partial charge in [0.2, 0.25) is 0 Å². The summed E-state index contributed by atoms with van der Waals surface area (Å²) in [5.41, 5.74) is 2.39. The van der Waals surface area contributed by atoms with Crippen LogP contribution in [0.5, 0.6) is 11.5 Å². The van der Waals surface area contributed by atoms with Gasteiger partial charge in [-0.15, -0.1) is 0 Å². The molecule has 0 atom stereocenters. The number of carbonyl (C=O) groups is 1. The van der Waals surface area contributed by atoms with E-state index in [1.807, 2.05) is 24.3 Å².